The predicted molar refractivity (Wildman–Crippen MR) is 68.3 cm³/mol. The summed E-state index contributed by atoms with van der Waals surface area (Å²) in [6.07, 6.45) is 1.33. The van der Waals surface area contributed by atoms with Crippen LogP contribution in [0.3, 0.4) is 0 Å². The highest BCUT2D eigenvalue weighted by molar-refractivity contribution is 5.19. The van der Waals surface area contributed by atoms with Gasteiger partial charge in [-0.25, -0.2) is 4.39 Å². The Morgan fingerprint density at radius 3 is 2.53 bits per heavy atom. The lowest BCUT2D eigenvalue weighted by atomic mass is 9.95. The molecule has 0 aromatic heterocycles. The molecule has 0 fully saturated rings. The third kappa shape index (κ3) is 4.10. The van der Waals surface area contributed by atoms with Crippen LogP contribution in [0.5, 0.6) is 0 Å². The number of hydrogen-bond donors (Lipinski definition) is 2. The Balaban J connectivity index is 2.58. The van der Waals surface area contributed by atoms with Gasteiger partial charge in [0.15, 0.2) is 0 Å². The van der Waals surface area contributed by atoms with E-state index in [4.69, 9.17) is 0 Å². The van der Waals surface area contributed by atoms with Crippen LogP contribution in [0.25, 0.3) is 0 Å². The average molecular weight is 239 g/mol. The van der Waals surface area contributed by atoms with E-state index in [1.807, 2.05) is 0 Å². The van der Waals surface area contributed by atoms with Gasteiger partial charge in [-0.05, 0) is 37.5 Å². The first-order chi connectivity index (χ1) is 8.00. The highest BCUT2D eigenvalue weighted by Crippen LogP contribution is 2.17. The lowest BCUT2D eigenvalue weighted by Gasteiger charge is -2.29. The fourth-order valence-corrected chi connectivity index (χ4v) is 1.67. The zero-order chi connectivity index (χ0) is 12.9. The van der Waals surface area contributed by atoms with E-state index in [1.165, 1.54) is 12.1 Å². The zero-order valence-electron chi connectivity index (χ0n) is 10.8. The van der Waals surface area contributed by atoms with Crippen molar-refractivity contribution in [1.82, 2.24) is 5.32 Å². The lowest BCUT2D eigenvalue weighted by molar-refractivity contribution is 0.155. The quantitative estimate of drug-likeness (QED) is 0.799. The largest absolute Gasteiger partial charge is 0.387 e. The van der Waals surface area contributed by atoms with E-state index < -0.39 is 6.10 Å². The Morgan fingerprint density at radius 2 is 2.00 bits per heavy atom. The fourth-order valence-electron chi connectivity index (χ4n) is 1.67. The maximum Gasteiger partial charge on any atom is 0.123 e. The Labute approximate surface area is 103 Å². The van der Waals surface area contributed by atoms with Crippen molar-refractivity contribution in [3.8, 4) is 0 Å². The standard InChI is InChI=1S/C14H22FNO/c1-4-14(3,5-2)16-10-13(17)11-7-6-8-12(15)9-11/h6-9,13,16-17H,4-5,10H2,1-3H3. The van der Waals surface area contributed by atoms with Crippen LogP contribution >= 0.6 is 0 Å². The Morgan fingerprint density at radius 1 is 1.35 bits per heavy atom. The van der Waals surface area contributed by atoms with Crippen molar-refractivity contribution < 1.29 is 9.50 Å². The third-order valence-corrected chi connectivity index (χ3v) is 3.52. The Bertz CT molecular complexity index is 350. The molecule has 2 N–H and O–H groups in total. The molecule has 0 bridgehead atoms. The van der Waals surface area contributed by atoms with Gasteiger partial charge in [0, 0.05) is 12.1 Å². The minimum atomic E-state index is -0.664. The zero-order valence-corrected chi connectivity index (χ0v) is 10.8. The van der Waals surface area contributed by atoms with E-state index in [1.54, 1.807) is 12.1 Å². The van der Waals surface area contributed by atoms with Crippen molar-refractivity contribution in [3.63, 3.8) is 0 Å². The second-order valence-electron chi connectivity index (χ2n) is 4.72. The first kappa shape index (κ1) is 14.1. The molecule has 0 saturated heterocycles. The number of rotatable bonds is 6. The number of benzene rings is 1. The summed E-state index contributed by atoms with van der Waals surface area (Å²) >= 11 is 0. The van der Waals surface area contributed by atoms with Crippen LogP contribution in [0, 0.1) is 5.82 Å². The molecule has 0 radical (unpaired) electrons. The van der Waals surface area contributed by atoms with Gasteiger partial charge in [-0.3, -0.25) is 0 Å². The first-order valence-corrected chi connectivity index (χ1v) is 6.19. The molecule has 0 aliphatic rings. The monoisotopic (exact) mass is 239 g/mol. The van der Waals surface area contributed by atoms with Crippen LogP contribution in [0.4, 0.5) is 4.39 Å². The van der Waals surface area contributed by atoms with E-state index in [0.717, 1.165) is 12.8 Å². The molecule has 1 atom stereocenters. The van der Waals surface area contributed by atoms with Gasteiger partial charge < -0.3 is 10.4 Å². The van der Waals surface area contributed by atoms with Crippen molar-refractivity contribution in [3.05, 3.63) is 35.6 Å². The van der Waals surface area contributed by atoms with Gasteiger partial charge in [0.2, 0.25) is 0 Å². The molecule has 1 unspecified atom stereocenters. The number of aliphatic hydroxyl groups is 1. The van der Waals surface area contributed by atoms with Gasteiger partial charge in [-0.15, -0.1) is 0 Å². The minimum Gasteiger partial charge on any atom is -0.387 e. The van der Waals surface area contributed by atoms with Gasteiger partial charge in [0.25, 0.3) is 0 Å². The summed E-state index contributed by atoms with van der Waals surface area (Å²) in [6.45, 7) is 6.81. The Kier molecular flexibility index (Phi) is 5.09. The van der Waals surface area contributed by atoms with Crippen LogP contribution in [0.15, 0.2) is 24.3 Å². The van der Waals surface area contributed by atoms with Crippen molar-refractivity contribution in [2.75, 3.05) is 6.54 Å². The number of nitrogens with one attached hydrogen (secondary N) is 1. The number of aliphatic hydroxyl groups excluding tert-OH is 1. The van der Waals surface area contributed by atoms with Crippen molar-refractivity contribution in [1.29, 1.82) is 0 Å². The van der Waals surface area contributed by atoms with E-state index in [9.17, 15) is 9.50 Å². The van der Waals surface area contributed by atoms with Crippen molar-refractivity contribution >= 4 is 0 Å². The molecule has 0 saturated carbocycles. The van der Waals surface area contributed by atoms with Gasteiger partial charge in [0.05, 0.1) is 6.10 Å². The molecule has 0 spiro atoms. The maximum absolute atomic E-state index is 13.0. The third-order valence-electron chi connectivity index (χ3n) is 3.52. The second kappa shape index (κ2) is 6.12. The first-order valence-electron chi connectivity index (χ1n) is 6.19. The van der Waals surface area contributed by atoms with Gasteiger partial charge in [-0.1, -0.05) is 26.0 Å². The molecule has 0 heterocycles. The van der Waals surface area contributed by atoms with E-state index >= 15 is 0 Å². The maximum atomic E-state index is 13.0. The summed E-state index contributed by atoms with van der Waals surface area (Å²) < 4.78 is 13.0. The number of hydrogen-bond acceptors (Lipinski definition) is 2. The molecule has 3 heteroatoms. The molecule has 17 heavy (non-hydrogen) atoms. The highest BCUT2D eigenvalue weighted by atomic mass is 19.1. The van der Waals surface area contributed by atoms with Crippen LogP contribution in [-0.2, 0) is 0 Å². The average Bonchev–Trinajstić information content (AvgIpc) is 2.35. The molecule has 1 rings (SSSR count). The summed E-state index contributed by atoms with van der Waals surface area (Å²) in [5.41, 5.74) is 0.654. The fraction of sp³-hybridized carbons (Fsp3) is 0.571. The summed E-state index contributed by atoms with van der Waals surface area (Å²) in [6, 6.07) is 6.12. The summed E-state index contributed by atoms with van der Waals surface area (Å²) in [4.78, 5) is 0. The molecular formula is C14H22FNO. The topological polar surface area (TPSA) is 32.3 Å². The predicted octanol–water partition coefficient (Wildman–Crippen LogP) is 3.03. The van der Waals surface area contributed by atoms with E-state index in [-0.39, 0.29) is 11.4 Å². The number of β-amino-alcohol motifs (C(OH)–C–C–N with tert-alkyl or cyclic N) is 1. The lowest BCUT2D eigenvalue weighted by Crippen LogP contribution is -2.43. The molecular weight excluding hydrogens is 217 g/mol. The minimum absolute atomic E-state index is 0.0360. The van der Waals surface area contributed by atoms with Crippen molar-refractivity contribution in [2.24, 2.45) is 0 Å². The van der Waals surface area contributed by atoms with Crippen LogP contribution in [0.1, 0.15) is 45.3 Å². The van der Waals surface area contributed by atoms with Gasteiger partial charge in [-0.2, -0.15) is 0 Å². The molecule has 0 amide bonds. The smallest absolute Gasteiger partial charge is 0.123 e. The SMILES string of the molecule is CCC(C)(CC)NCC(O)c1cccc(F)c1. The number of halogens is 1. The highest BCUT2D eigenvalue weighted by Gasteiger charge is 2.20. The summed E-state index contributed by atoms with van der Waals surface area (Å²) in [5, 5.41) is 13.3. The van der Waals surface area contributed by atoms with Crippen LogP contribution in [-0.4, -0.2) is 17.2 Å². The van der Waals surface area contributed by atoms with Crippen LogP contribution < -0.4 is 5.32 Å². The normalized spacial score (nSPS) is 13.7. The molecule has 2 nitrogen and oxygen atoms in total. The van der Waals surface area contributed by atoms with E-state index in [2.05, 4.69) is 26.1 Å². The summed E-state index contributed by atoms with van der Waals surface area (Å²) in [7, 11) is 0. The molecule has 1 aromatic rings. The second-order valence-corrected chi connectivity index (χ2v) is 4.72. The molecule has 96 valence electrons. The van der Waals surface area contributed by atoms with E-state index in [0.29, 0.717) is 12.1 Å². The molecule has 1 aromatic carbocycles. The molecule has 0 aliphatic carbocycles. The van der Waals surface area contributed by atoms with Crippen molar-refractivity contribution in [2.45, 2.75) is 45.3 Å². The summed E-state index contributed by atoms with van der Waals surface area (Å²) in [5.74, 6) is -0.310. The Hall–Kier alpha value is -0.930. The van der Waals surface area contributed by atoms with Crippen LogP contribution in [0.2, 0.25) is 0 Å². The molecule has 0 aliphatic heterocycles. The van der Waals surface area contributed by atoms with Gasteiger partial charge >= 0.3 is 0 Å². The van der Waals surface area contributed by atoms with Gasteiger partial charge in [0.1, 0.15) is 5.82 Å².